The molecule has 0 unspecified atom stereocenters. The number of benzene rings is 2. The van der Waals surface area contributed by atoms with Gasteiger partial charge in [0.25, 0.3) is 0 Å². The highest BCUT2D eigenvalue weighted by Gasteiger charge is 2.19. The average molecular weight is 358 g/mol. The van der Waals surface area contributed by atoms with Gasteiger partial charge in [-0.05, 0) is 29.8 Å². The molecular formula is C19H18O5S. The van der Waals surface area contributed by atoms with Crippen LogP contribution in [0.3, 0.4) is 0 Å². The number of ether oxygens (including phenoxy) is 4. The van der Waals surface area contributed by atoms with Crippen LogP contribution in [0.5, 0.6) is 23.0 Å². The molecule has 0 bridgehead atoms. The Morgan fingerprint density at radius 3 is 2.52 bits per heavy atom. The summed E-state index contributed by atoms with van der Waals surface area (Å²) in [5.74, 6) is 2.92. The molecule has 0 aliphatic carbocycles. The van der Waals surface area contributed by atoms with Crippen LogP contribution in [0.1, 0.15) is 15.9 Å². The van der Waals surface area contributed by atoms with E-state index in [1.165, 1.54) is 6.08 Å². The molecule has 0 spiro atoms. The van der Waals surface area contributed by atoms with Gasteiger partial charge in [0, 0.05) is 6.07 Å². The number of hydrogen-bond acceptors (Lipinski definition) is 6. The second-order valence-electron chi connectivity index (χ2n) is 5.22. The Morgan fingerprint density at radius 1 is 1.04 bits per heavy atom. The molecule has 6 heteroatoms. The van der Waals surface area contributed by atoms with E-state index in [4.69, 9.17) is 18.9 Å². The minimum atomic E-state index is -0.137. The predicted molar refractivity (Wildman–Crippen MR) is 97.3 cm³/mol. The van der Waals surface area contributed by atoms with E-state index in [1.54, 1.807) is 51.3 Å². The van der Waals surface area contributed by atoms with Crippen LogP contribution in [0.25, 0.3) is 6.08 Å². The number of ketones is 1. The molecule has 3 rings (SSSR count). The molecule has 2 aromatic rings. The minimum Gasteiger partial charge on any atom is -0.496 e. The summed E-state index contributed by atoms with van der Waals surface area (Å²) in [7, 11) is 4.70. The molecule has 25 heavy (non-hydrogen) atoms. The standard InChI is InChI=1S/C19H18O5S/c1-21-15-7-5-12(8-17(15)23-3)4-6-14(20)13-9-19-18(24-11-25-19)10-16(13)22-2/h4-10H,11H2,1-3H3. The topological polar surface area (TPSA) is 54.0 Å². The quantitative estimate of drug-likeness (QED) is 0.574. The maximum Gasteiger partial charge on any atom is 0.189 e. The maximum absolute atomic E-state index is 12.6. The van der Waals surface area contributed by atoms with Crippen molar-refractivity contribution in [1.82, 2.24) is 0 Å². The van der Waals surface area contributed by atoms with E-state index in [-0.39, 0.29) is 5.78 Å². The van der Waals surface area contributed by atoms with Gasteiger partial charge in [0.2, 0.25) is 0 Å². The van der Waals surface area contributed by atoms with Crippen molar-refractivity contribution in [2.45, 2.75) is 4.90 Å². The van der Waals surface area contributed by atoms with Gasteiger partial charge >= 0.3 is 0 Å². The lowest BCUT2D eigenvalue weighted by Gasteiger charge is -2.08. The van der Waals surface area contributed by atoms with Gasteiger partial charge < -0.3 is 18.9 Å². The molecule has 0 radical (unpaired) electrons. The van der Waals surface area contributed by atoms with Crippen LogP contribution in [0.15, 0.2) is 41.3 Å². The molecule has 0 N–H and O–H groups in total. The largest absolute Gasteiger partial charge is 0.496 e. The Bertz CT molecular complexity index is 829. The maximum atomic E-state index is 12.6. The number of hydrogen-bond donors (Lipinski definition) is 0. The highest BCUT2D eigenvalue weighted by atomic mass is 32.2. The third-order valence-corrected chi connectivity index (χ3v) is 4.66. The smallest absolute Gasteiger partial charge is 0.189 e. The molecular weight excluding hydrogens is 340 g/mol. The zero-order valence-corrected chi connectivity index (χ0v) is 15.0. The summed E-state index contributed by atoms with van der Waals surface area (Å²) >= 11 is 1.56. The van der Waals surface area contributed by atoms with Gasteiger partial charge in [-0.2, -0.15) is 0 Å². The van der Waals surface area contributed by atoms with E-state index in [1.807, 2.05) is 18.2 Å². The summed E-state index contributed by atoms with van der Waals surface area (Å²) in [4.78, 5) is 13.6. The van der Waals surface area contributed by atoms with Crippen LogP contribution >= 0.6 is 11.8 Å². The first-order valence-electron chi connectivity index (χ1n) is 7.58. The van der Waals surface area contributed by atoms with Crippen molar-refractivity contribution in [3.63, 3.8) is 0 Å². The predicted octanol–water partition coefficient (Wildman–Crippen LogP) is 4.05. The molecule has 0 saturated heterocycles. The second kappa shape index (κ2) is 7.53. The number of carbonyl (C=O) groups excluding carboxylic acids is 1. The van der Waals surface area contributed by atoms with Gasteiger partial charge in [-0.1, -0.05) is 23.9 Å². The molecule has 0 atom stereocenters. The van der Waals surface area contributed by atoms with Crippen LogP contribution in [-0.4, -0.2) is 33.1 Å². The number of methoxy groups -OCH3 is 3. The van der Waals surface area contributed by atoms with Crippen molar-refractivity contribution in [3.8, 4) is 23.0 Å². The van der Waals surface area contributed by atoms with E-state index >= 15 is 0 Å². The lowest BCUT2D eigenvalue weighted by atomic mass is 10.1. The number of carbonyl (C=O) groups is 1. The molecule has 130 valence electrons. The summed E-state index contributed by atoms with van der Waals surface area (Å²) in [6, 6.07) is 9.04. The number of fused-ring (bicyclic) bond motifs is 1. The highest BCUT2D eigenvalue weighted by molar-refractivity contribution is 7.99. The van der Waals surface area contributed by atoms with Gasteiger partial charge in [-0.25, -0.2) is 0 Å². The lowest BCUT2D eigenvalue weighted by Crippen LogP contribution is -1.99. The highest BCUT2D eigenvalue weighted by Crippen LogP contribution is 2.40. The van der Waals surface area contributed by atoms with Crippen molar-refractivity contribution in [2.24, 2.45) is 0 Å². The van der Waals surface area contributed by atoms with Crippen molar-refractivity contribution < 1.29 is 23.7 Å². The molecule has 1 heterocycles. The van der Waals surface area contributed by atoms with Crippen LogP contribution in [-0.2, 0) is 0 Å². The molecule has 0 fully saturated rings. The fourth-order valence-corrected chi connectivity index (χ4v) is 3.28. The summed E-state index contributed by atoms with van der Waals surface area (Å²) in [5, 5.41) is 0. The van der Waals surface area contributed by atoms with Crippen molar-refractivity contribution >= 4 is 23.6 Å². The summed E-state index contributed by atoms with van der Waals surface area (Å²) in [6.45, 7) is 0. The van der Waals surface area contributed by atoms with E-state index in [0.29, 0.717) is 28.8 Å². The third-order valence-electron chi connectivity index (χ3n) is 3.79. The Labute approximate surface area is 150 Å². The molecule has 2 aromatic carbocycles. The normalized spacial score (nSPS) is 12.6. The van der Waals surface area contributed by atoms with Crippen LogP contribution in [0, 0.1) is 0 Å². The van der Waals surface area contributed by atoms with E-state index in [9.17, 15) is 4.79 Å². The van der Waals surface area contributed by atoms with E-state index in [0.717, 1.165) is 16.2 Å². The van der Waals surface area contributed by atoms with Gasteiger partial charge in [-0.3, -0.25) is 4.79 Å². The van der Waals surface area contributed by atoms with Crippen molar-refractivity contribution in [1.29, 1.82) is 0 Å². The molecule has 0 saturated carbocycles. The number of allylic oxidation sites excluding steroid dienone is 1. The lowest BCUT2D eigenvalue weighted by molar-refractivity contribution is 0.104. The first kappa shape index (κ1) is 17.2. The fourth-order valence-electron chi connectivity index (χ4n) is 2.50. The second-order valence-corrected chi connectivity index (χ2v) is 6.18. The van der Waals surface area contributed by atoms with Gasteiger partial charge in [-0.15, -0.1) is 0 Å². The van der Waals surface area contributed by atoms with Gasteiger partial charge in [0.1, 0.15) is 17.4 Å². The minimum absolute atomic E-state index is 0.137. The van der Waals surface area contributed by atoms with Crippen molar-refractivity contribution in [2.75, 3.05) is 27.3 Å². The zero-order valence-electron chi connectivity index (χ0n) is 14.2. The summed E-state index contributed by atoms with van der Waals surface area (Å²) in [5.41, 5.74) is 1.35. The number of rotatable bonds is 6. The molecule has 1 aliphatic rings. The van der Waals surface area contributed by atoms with Crippen LogP contribution < -0.4 is 18.9 Å². The fraction of sp³-hybridized carbons (Fsp3) is 0.211. The molecule has 0 amide bonds. The van der Waals surface area contributed by atoms with Crippen LogP contribution in [0.2, 0.25) is 0 Å². The van der Waals surface area contributed by atoms with Gasteiger partial charge in [0.15, 0.2) is 17.3 Å². The molecule has 0 aromatic heterocycles. The SMILES string of the molecule is COc1ccc(C=CC(=O)c2cc3c(cc2OC)OCS3)cc1OC. The van der Waals surface area contributed by atoms with E-state index in [2.05, 4.69) is 0 Å². The Kier molecular flexibility index (Phi) is 5.19. The third kappa shape index (κ3) is 3.58. The van der Waals surface area contributed by atoms with E-state index < -0.39 is 0 Å². The van der Waals surface area contributed by atoms with Crippen LogP contribution in [0.4, 0.5) is 0 Å². The summed E-state index contributed by atoms with van der Waals surface area (Å²) < 4.78 is 21.3. The average Bonchev–Trinajstić information content (AvgIpc) is 3.12. The van der Waals surface area contributed by atoms with Gasteiger partial charge in [0.05, 0.1) is 31.8 Å². The first-order valence-corrected chi connectivity index (χ1v) is 8.57. The Morgan fingerprint density at radius 2 is 1.80 bits per heavy atom. The number of thioether (sulfide) groups is 1. The monoisotopic (exact) mass is 358 g/mol. The molecule has 5 nitrogen and oxygen atoms in total. The Balaban J connectivity index is 1.86. The zero-order chi connectivity index (χ0) is 17.8. The first-order chi connectivity index (χ1) is 12.2. The summed E-state index contributed by atoms with van der Waals surface area (Å²) in [6.07, 6.45) is 3.26. The Hall–Kier alpha value is -2.60. The van der Waals surface area contributed by atoms with Crippen molar-refractivity contribution in [3.05, 3.63) is 47.5 Å². The molecule has 1 aliphatic heterocycles.